The van der Waals surface area contributed by atoms with Crippen LogP contribution in [0.2, 0.25) is 0 Å². The molecular formula is C21H23N2O4+. The number of quaternary nitrogens is 1. The van der Waals surface area contributed by atoms with Crippen molar-refractivity contribution < 1.29 is 24.1 Å². The topological polar surface area (TPSA) is 88.9 Å². The summed E-state index contributed by atoms with van der Waals surface area (Å²) in [6.07, 6.45) is 1.63. The van der Waals surface area contributed by atoms with Gasteiger partial charge in [-0.3, -0.25) is 4.79 Å². The van der Waals surface area contributed by atoms with Crippen molar-refractivity contribution in [3.63, 3.8) is 0 Å². The highest BCUT2D eigenvalue weighted by molar-refractivity contribution is 6.01. The number of ketones is 1. The van der Waals surface area contributed by atoms with E-state index in [0.717, 1.165) is 11.3 Å². The second-order valence-corrected chi connectivity index (χ2v) is 6.38. The van der Waals surface area contributed by atoms with Gasteiger partial charge in [0.1, 0.15) is 6.54 Å². The van der Waals surface area contributed by atoms with E-state index in [1.54, 1.807) is 20.1 Å². The Morgan fingerprint density at radius 1 is 1.15 bits per heavy atom. The average Bonchev–Trinajstić information content (AvgIpc) is 3.30. The van der Waals surface area contributed by atoms with Crippen molar-refractivity contribution in [2.24, 2.45) is 0 Å². The minimum atomic E-state index is -0.443. The average molecular weight is 367 g/mol. The summed E-state index contributed by atoms with van der Waals surface area (Å²) in [6.45, 7) is 3.72. The van der Waals surface area contributed by atoms with E-state index in [1.165, 1.54) is 7.11 Å². The zero-order valence-electron chi connectivity index (χ0n) is 15.6. The SMILES string of the molecule is COC(=O)c1c(C)[nH]c(C(=O)C[NH2+][C@H](c2ccccc2)c2ccco2)c1C. The standard InChI is InChI=1S/C21H22N2O4/c1-13-18(21(25)26-3)14(2)23-19(13)16(24)12-22-20(17-10-7-11-27-17)15-8-5-4-6-9-15/h4-11,20,22-23H,12H2,1-3H3/p+1/t20-/m1/s1. The van der Waals surface area contributed by atoms with Crippen LogP contribution < -0.4 is 5.32 Å². The third-order valence-corrected chi connectivity index (χ3v) is 4.65. The molecule has 3 rings (SSSR count). The molecule has 0 radical (unpaired) electrons. The van der Waals surface area contributed by atoms with Crippen molar-refractivity contribution in [2.45, 2.75) is 19.9 Å². The Morgan fingerprint density at radius 3 is 2.52 bits per heavy atom. The quantitative estimate of drug-likeness (QED) is 0.496. The van der Waals surface area contributed by atoms with Crippen LogP contribution in [0.3, 0.4) is 0 Å². The largest absolute Gasteiger partial charge is 0.465 e. The van der Waals surface area contributed by atoms with E-state index in [1.807, 2.05) is 47.8 Å². The summed E-state index contributed by atoms with van der Waals surface area (Å²) in [4.78, 5) is 27.8. The van der Waals surface area contributed by atoms with E-state index in [4.69, 9.17) is 9.15 Å². The summed E-state index contributed by atoms with van der Waals surface area (Å²) in [5.41, 5.74) is 3.16. The number of furan rings is 1. The van der Waals surface area contributed by atoms with Crippen molar-refractivity contribution in [2.75, 3.05) is 13.7 Å². The number of carbonyl (C=O) groups excluding carboxylic acids is 2. The number of ether oxygens (including phenoxy) is 1. The molecule has 0 saturated heterocycles. The lowest BCUT2D eigenvalue weighted by molar-refractivity contribution is -0.677. The Bertz CT molecular complexity index is 927. The molecule has 0 amide bonds. The van der Waals surface area contributed by atoms with Crippen LogP contribution in [-0.2, 0) is 4.74 Å². The number of methoxy groups -OCH3 is 1. The number of hydrogen-bond acceptors (Lipinski definition) is 4. The molecule has 0 unspecified atom stereocenters. The maximum absolute atomic E-state index is 12.8. The molecule has 0 bridgehead atoms. The van der Waals surface area contributed by atoms with Gasteiger partial charge in [-0.1, -0.05) is 30.3 Å². The van der Waals surface area contributed by atoms with Gasteiger partial charge in [0, 0.05) is 11.3 Å². The normalized spacial score (nSPS) is 12.0. The summed E-state index contributed by atoms with van der Waals surface area (Å²) >= 11 is 0. The van der Waals surface area contributed by atoms with E-state index >= 15 is 0 Å². The van der Waals surface area contributed by atoms with Gasteiger partial charge >= 0.3 is 5.97 Å². The third kappa shape index (κ3) is 3.85. The van der Waals surface area contributed by atoms with Crippen LogP contribution in [-0.4, -0.2) is 30.4 Å². The van der Waals surface area contributed by atoms with E-state index in [0.29, 0.717) is 22.5 Å². The van der Waals surface area contributed by atoms with Gasteiger partial charge in [0.25, 0.3) is 0 Å². The molecule has 1 aromatic carbocycles. The summed E-state index contributed by atoms with van der Waals surface area (Å²) in [5.74, 6) is 0.254. The number of aromatic nitrogens is 1. The Kier molecular flexibility index (Phi) is 5.57. The highest BCUT2D eigenvalue weighted by atomic mass is 16.5. The number of nitrogens with one attached hydrogen (secondary N) is 1. The highest BCUT2D eigenvalue weighted by Gasteiger charge is 2.26. The number of H-pyrrole nitrogens is 1. The number of benzene rings is 1. The zero-order valence-corrected chi connectivity index (χ0v) is 15.6. The maximum atomic E-state index is 12.8. The molecule has 3 aromatic rings. The van der Waals surface area contributed by atoms with Gasteiger partial charge in [-0.2, -0.15) is 0 Å². The second kappa shape index (κ2) is 8.05. The van der Waals surface area contributed by atoms with Crippen LogP contribution in [0, 0.1) is 13.8 Å². The van der Waals surface area contributed by atoms with Crippen molar-refractivity contribution >= 4 is 11.8 Å². The lowest BCUT2D eigenvalue weighted by Gasteiger charge is -2.13. The lowest BCUT2D eigenvalue weighted by Crippen LogP contribution is -2.87. The van der Waals surface area contributed by atoms with Gasteiger partial charge in [-0.15, -0.1) is 0 Å². The highest BCUT2D eigenvalue weighted by Crippen LogP contribution is 2.20. The number of aromatic amines is 1. The Balaban J connectivity index is 1.80. The molecule has 6 heteroatoms. The van der Waals surface area contributed by atoms with Crippen LogP contribution in [0.25, 0.3) is 0 Å². The van der Waals surface area contributed by atoms with Crippen molar-refractivity contribution in [1.29, 1.82) is 0 Å². The van der Waals surface area contributed by atoms with E-state index in [9.17, 15) is 9.59 Å². The van der Waals surface area contributed by atoms with Crippen LogP contribution in [0.4, 0.5) is 0 Å². The fraction of sp³-hybridized carbons (Fsp3) is 0.238. The van der Waals surface area contributed by atoms with Crippen molar-refractivity contribution in [3.8, 4) is 0 Å². The molecule has 0 spiro atoms. The first-order valence-electron chi connectivity index (χ1n) is 8.75. The Labute approximate surface area is 157 Å². The summed E-state index contributed by atoms with van der Waals surface area (Å²) in [7, 11) is 1.33. The van der Waals surface area contributed by atoms with Crippen LogP contribution >= 0.6 is 0 Å². The maximum Gasteiger partial charge on any atom is 0.339 e. The zero-order chi connectivity index (χ0) is 19.4. The number of hydrogen-bond donors (Lipinski definition) is 2. The number of carbonyl (C=O) groups is 2. The molecule has 27 heavy (non-hydrogen) atoms. The molecular weight excluding hydrogens is 344 g/mol. The minimum absolute atomic E-state index is 0.0850. The lowest BCUT2D eigenvalue weighted by atomic mass is 10.0. The number of nitrogens with two attached hydrogens (primary N) is 1. The Hall–Kier alpha value is -3.12. The number of Topliss-reactive ketones (excluding diaryl/α,β-unsaturated/α-hetero) is 1. The smallest absolute Gasteiger partial charge is 0.339 e. The molecule has 2 heterocycles. The number of rotatable bonds is 7. The van der Waals surface area contributed by atoms with E-state index in [-0.39, 0.29) is 18.4 Å². The van der Waals surface area contributed by atoms with Gasteiger partial charge in [0.2, 0.25) is 5.78 Å². The van der Waals surface area contributed by atoms with Crippen LogP contribution in [0.15, 0.2) is 53.1 Å². The van der Waals surface area contributed by atoms with E-state index in [2.05, 4.69) is 4.98 Å². The predicted molar refractivity (Wildman–Crippen MR) is 99.7 cm³/mol. The van der Waals surface area contributed by atoms with Crippen LogP contribution in [0.5, 0.6) is 0 Å². The molecule has 3 N–H and O–H groups in total. The third-order valence-electron chi connectivity index (χ3n) is 4.65. The predicted octanol–water partition coefficient (Wildman–Crippen LogP) is 2.55. The fourth-order valence-electron chi connectivity index (χ4n) is 3.31. The van der Waals surface area contributed by atoms with Crippen LogP contribution in [0.1, 0.15) is 49.5 Å². The van der Waals surface area contributed by atoms with E-state index < -0.39 is 5.97 Å². The molecule has 140 valence electrons. The van der Waals surface area contributed by atoms with Crippen molar-refractivity contribution in [1.82, 2.24) is 4.98 Å². The van der Waals surface area contributed by atoms with Gasteiger partial charge in [-0.25, -0.2) is 4.79 Å². The van der Waals surface area contributed by atoms with Gasteiger partial charge in [-0.05, 0) is 31.5 Å². The van der Waals surface area contributed by atoms with Gasteiger partial charge in [0.05, 0.1) is 24.6 Å². The molecule has 6 nitrogen and oxygen atoms in total. The molecule has 0 aliphatic rings. The van der Waals surface area contributed by atoms with Gasteiger partial charge in [0.15, 0.2) is 11.8 Å². The summed E-state index contributed by atoms with van der Waals surface area (Å²) < 4.78 is 10.4. The first-order valence-corrected chi connectivity index (χ1v) is 8.75. The summed E-state index contributed by atoms with van der Waals surface area (Å²) in [6, 6.07) is 13.5. The van der Waals surface area contributed by atoms with Gasteiger partial charge < -0.3 is 19.5 Å². The molecule has 0 aliphatic heterocycles. The number of aryl methyl sites for hydroxylation is 1. The Morgan fingerprint density at radius 2 is 1.89 bits per heavy atom. The molecule has 1 atom stereocenters. The monoisotopic (exact) mass is 367 g/mol. The molecule has 0 fully saturated rings. The second-order valence-electron chi connectivity index (χ2n) is 6.38. The molecule has 2 aromatic heterocycles. The minimum Gasteiger partial charge on any atom is -0.465 e. The first-order chi connectivity index (χ1) is 13.0. The number of esters is 1. The van der Waals surface area contributed by atoms with Crippen molar-refractivity contribution in [3.05, 3.63) is 82.6 Å². The first kappa shape index (κ1) is 18.7. The summed E-state index contributed by atoms with van der Waals surface area (Å²) in [5, 5.41) is 1.93. The molecule has 0 aliphatic carbocycles. The fourth-order valence-corrected chi connectivity index (χ4v) is 3.31. The molecule has 0 saturated carbocycles.